The van der Waals surface area contributed by atoms with Crippen molar-refractivity contribution in [1.29, 1.82) is 0 Å². The lowest BCUT2D eigenvalue weighted by molar-refractivity contribution is -0.149. The van der Waals surface area contributed by atoms with Crippen molar-refractivity contribution in [2.45, 2.75) is 84.0 Å². The van der Waals surface area contributed by atoms with Gasteiger partial charge in [-0.3, -0.25) is 4.79 Å². The van der Waals surface area contributed by atoms with Crippen molar-refractivity contribution in [3.8, 4) is 5.75 Å². The van der Waals surface area contributed by atoms with E-state index >= 15 is 0 Å². The molecule has 1 aromatic rings. The van der Waals surface area contributed by atoms with E-state index in [-0.39, 0.29) is 18.2 Å². The van der Waals surface area contributed by atoms with Crippen molar-refractivity contribution in [2.24, 2.45) is 5.73 Å². The standard InChI is InChI=1S/C16H22O3.C5H11NO2/c1-13-12-15(19-14-8-4-2-5-9-14)10-6-3-7-11-16(17)18-13;1-5(2,3)8-4(6)7/h2,4-5,8-9,13,15H,3,6-7,10-12H2,1H3;1-3H3,(H2,6,7). The molecule has 0 radical (unpaired) electrons. The fourth-order valence-electron chi connectivity index (χ4n) is 2.74. The Labute approximate surface area is 162 Å². The molecule has 6 nitrogen and oxygen atoms in total. The van der Waals surface area contributed by atoms with Gasteiger partial charge in [-0.05, 0) is 59.1 Å². The normalized spacial score (nSPS) is 21.1. The lowest BCUT2D eigenvalue weighted by Crippen LogP contribution is -2.27. The van der Waals surface area contributed by atoms with E-state index < -0.39 is 11.7 Å². The van der Waals surface area contributed by atoms with E-state index in [0.717, 1.165) is 37.9 Å². The summed E-state index contributed by atoms with van der Waals surface area (Å²) in [5.74, 6) is 0.816. The maximum Gasteiger partial charge on any atom is 0.405 e. The Morgan fingerprint density at radius 1 is 1.15 bits per heavy atom. The van der Waals surface area contributed by atoms with Gasteiger partial charge in [0, 0.05) is 12.8 Å². The molecular formula is C21H33NO5. The molecule has 2 unspecified atom stereocenters. The first-order chi connectivity index (χ1) is 12.7. The average molecular weight is 379 g/mol. The maximum atomic E-state index is 11.5. The highest BCUT2D eigenvalue weighted by Crippen LogP contribution is 2.20. The summed E-state index contributed by atoms with van der Waals surface area (Å²) in [5, 5.41) is 0. The molecule has 1 amide bonds. The van der Waals surface area contributed by atoms with Gasteiger partial charge in [-0.15, -0.1) is 0 Å². The summed E-state index contributed by atoms with van der Waals surface area (Å²) in [7, 11) is 0. The fraction of sp³-hybridized carbons (Fsp3) is 0.619. The molecule has 0 saturated carbocycles. The van der Waals surface area contributed by atoms with Crippen molar-refractivity contribution in [3.63, 3.8) is 0 Å². The Morgan fingerprint density at radius 2 is 1.81 bits per heavy atom. The summed E-state index contributed by atoms with van der Waals surface area (Å²) in [4.78, 5) is 21.5. The van der Waals surface area contributed by atoms with E-state index in [9.17, 15) is 9.59 Å². The van der Waals surface area contributed by atoms with Crippen molar-refractivity contribution in [1.82, 2.24) is 0 Å². The highest BCUT2D eigenvalue weighted by Gasteiger charge is 2.19. The summed E-state index contributed by atoms with van der Waals surface area (Å²) in [6, 6.07) is 9.85. The molecule has 152 valence electrons. The van der Waals surface area contributed by atoms with Crippen LogP contribution < -0.4 is 10.5 Å². The average Bonchev–Trinajstić information content (AvgIpc) is 2.53. The summed E-state index contributed by atoms with van der Waals surface area (Å²) in [6.07, 6.45) is 4.77. The van der Waals surface area contributed by atoms with E-state index in [1.54, 1.807) is 20.8 Å². The van der Waals surface area contributed by atoms with Crippen LogP contribution in [0.25, 0.3) is 0 Å². The number of cyclic esters (lactones) is 1. The Kier molecular flexibility index (Phi) is 9.68. The molecule has 2 rings (SSSR count). The van der Waals surface area contributed by atoms with E-state index in [1.807, 2.05) is 37.3 Å². The molecule has 2 atom stereocenters. The van der Waals surface area contributed by atoms with Crippen molar-refractivity contribution < 1.29 is 23.8 Å². The predicted molar refractivity (Wildman–Crippen MR) is 105 cm³/mol. The third-order valence-corrected chi connectivity index (χ3v) is 3.79. The Morgan fingerprint density at radius 3 is 2.37 bits per heavy atom. The topological polar surface area (TPSA) is 87.9 Å². The summed E-state index contributed by atoms with van der Waals surface area (Å²) < 4.78 is 16.0. The Hall–Kier alpha value is -2.24. The quantitative estimate of drug-likeness (QED) is 0.759. The molecule has 1 aromatic carbocycles. The van der Waals surface area contributed by atoms with E-state index in [0.29, 0.717) is 6.42 Å². The molecule has 1 aliphatic rings. The van der Waals surface area contributed by atoms with Gasteiger partial charge in [0.05, 0.1) is 0 Å². The van der Waals surface area contributed by atoms with Crippen LogP contribution in [0.15, 0.2) is 30.3 Å². The first-order valence-corrected chi connectivity index (χ1v) is 9.55. The van der Waals surface area contributed by atoms with Gasteiger partial charge in [-0.2, -0.15) is 0 Å². The zero-order valence-electron chi connectivity index (χ0n) is 16.9. The monoisotopic (exact) mass is 379 g/mol. The molecular weight excluding hydrogens is 346 g/mol. The van der Waals surface area contributed by atoms with Crippen molar-refractivity contribution in [2.75, 3.05) is 0 Å². The second kappa shape index (κ2) is 11.5. The summed E-state index contributed by atoms with van der Waals surface area (Å²) in [5.41, 5.74) is 4.26. The molecule has 1 heterocycles. The van der Waals surface area contributed by atoms with Crippen LogP contribution in [0.5, 0.6) is 5.75 Å². The van der Waals surface area contributed by atoms with Crippen LogP contribution in [0.3, 0.4) is 0 Å². The number of ether oxygens (including phenoxy) is 3. The SMILES string of the molecule is CC(C)(C)OC(N)=O.CC1CC(Oc2ccccc2)CCCCCC(=O)O1. The zero-order valence-corrected chi connectivity index (χ0v) is 16.9. The lowest BCUT2D eigenvalue weighted by atomic mass is 10.0. The number of carbonyl (C=O) groups excluding carboxylic acids is 2. The molecule has 2 N–H and O–H groups in total. The smallest absolute Gasteiger partial charge is 0.405 e. The maximum absolute atomic E-state index is 11.5. The Bertz CT molecular complexity index is 568. The molecule has 27 heavy (non-hydrogen) atoms. The van der Waals surface area contributed by atoms with Gasteiger partial charge in [0.25, 0.3) is 0 Å². The third-order valence-electron chi connectivity index (χ3n) is 3.79. The Balaban J connectivity index is 0.000000387. The number of nitrogens with two attached hydrogens (primary N) is 1. The van der Waals surface area contributed by atoms with Crippen molar-refractivity contribution in [3.05, 3.63) is 30.3 Å². The van der Waals surface area contributed by atoms with E-state index in [4.69, 9.17) is 15.2 Å². The molecule has 0 aliphatic carbocycles. The van der Waals surface area contributed by atoms with Gasteiger partial charge in [0.15, 0.2) is 0 Å². The summed E-state index contributed by atoms with van der Waals surface area (Å²) >= 11 is 0. The number of esters is 1. The summed E-state index contributed by atoms with van der Waals surface area (Å²) in [6.45, 7) is 7.23. The van der Waals surface area contributed by atoms with Crippen LogP contribution in [-0.4, -0.2) is 29.9 Å². The minimum absolute atomic E-state index is 0.0701. The highest BCUT2D eigenvalue weighted by atomic mass is 16.6. The zero-order chi connectivity index (χ0) is 20.3. The minimum atomic E-state index is -0.725. The van der Waals surface area contributed by atoms with Crippen LogP contribution in [0, 0.1) is 0 Å². The largest absolute Gasteiger partial charge is 0.490 e. The van der Waals surface area contributed by atoms with Crippen LogP contribution in [-0.2, 0) is 14.3 Å². The molecule has 0 aromatic heterocycles. The predicted octanol–water partition coefficient (Wildman–Crippen LogP) is 4.60. The van der Waals surface area contributed by atoms with Crippen LogP contribution in [0.4, 0.5) is 4.79 Å². The minimum Gasteiger partial charge on any atom is -0.490 e. The van der Waals surface area contributed by atoms with Gasteiger partial charge in [-0.25, -0.2) is 4.79 Å². The van der Waals surface area contributed by atoms with Crippen LogP contribution in [0.1, 0.15) is 66.2 Å². The van der Waals surface area contributed by atoms with E-state index in [1.165, 1.54) is 0 Å². The second-order valence-corrected chi connectivity index (χ2v) is 7.72. The number of amides is 1. The van der Waals surface area contributed by atoms with Gasteiger partial charge >= 0.3 is 12.1 Å². The van der Waals surface area contributed by atoms with Crippen LogP contribution >= 0.6 is 0 Å². The third kappa shape index (κ3) is 11.9. The molecule has 0 spiro atoms. The molecule has 1 saturated heterocycles. The number of carbonyl (C=O) groups is 2. The number of hydrogen-bond donors (Lipinski definition) is 1. The second-order valence-electron chi connectivity index (χ2n) is 7.72. The van der Waals surface area contributed by atoms with Gasteiger partial charge in [-0.1, -0.05) is 24.6 Å². The number of para-hydroxylation sites is 1. The molecule has 6 heteroatoms. The van der Waals surface area contributed by atoms with Gasteiger partial charge < -0.3 is 19.9 Å². The van der Waals surface area contributed by atoms with Crippen molar-refractivity contribution >= 4 is 12.1 Å². The first kappa shape index (κ1) is 22.8. The number of rotatable bonds is 2. The first-order valence-electron chi connectivity index (χ1n) is 9.55. The number of hydrogen-bond acceptors (Lipinski definition) is 5. The van der Waals surface area contributed by atoms with Gasteiger partial charge in [0.2, 0.25) is 0 Å². The van der Waals surface area contributed by atoms with Gasteiger partial charge in [0.1, 0.15) is 23.6 Å². The lowest BCUT2D eigenvalue weighted by Gasteiger charge is -2.24. The van der Waals surface area contributed by atoms with E-state index in [2.05, 4.69) is 4.74 Å². The number of benzene rings is 1. The number of primary amides is 1. The highest BCUT2D eigenvalue weighted by molar-refractivity contribution is 5.69. The molecule has 0 bridgehead atoms. The molecule has 1 fully saturated rings. The fourth-order valence-corrected chi connectivity index (χ4v) is 2.74. The van der Waals surface area contributed by atoms with Crippen LogP contribution in [0.2, 0.25) is 0 Å². The molecule has 1 aliphatic heterocycles.